The highest BCUT2D eigenvalue weighted by atomic mass is 32.2. The molecular weight excluding hydrogens is 475 g/mol. The Morgan fingerprint density at radius 1 is 0.853 bits per heavy atom. The van der Waals surface area contributed by atoms with Crippen LogP contribution in [0.1, 0.15) is 30.8 Å². The highest BCUT2D eigenvalue weighted by molar-refractivity contribution is 7.92. The van der Waals surface area contributed by atoms with Gasteiger partial charge in [0.1, 0.15) is 5.75 Å². The molecule has 0 aliphatic heterocycles. The van der Waals surface area contributed by atoms with Gasteiger partial charge in [-0.25, -0.2) is 8.42 Å². The van der Waals surface area contributed by atoms with E-state index in [0.29, 0.717) is 16.9 Å². The summed E-state index contributed by atoms with van der Waals surface area (Å²) < 4.78 is 52.8. The molecule has 8 nitrogen and oxygen atoms in total. The summed E-state index contributed by atoms with van der Waals surface area (Å²) in [4.78, 5) is 0.0811. The van der Waals surface area contributed by atoms with Gasteiger partial charge in [-0.15, -0.1) is 0 Å². The lowest BCUT2D eigenvalue weighted by Gasteiger charge is -2.28. The lowest BCUT2D eigenvalue weighted by Crippen LogP contribution is -2.16. The molecular formula is C24H29N2O6PS. The molecule has 3 N–H and O–H groups in total. The fourth-order valence-electron chi connectivity index (χ4n) is 3.27. The van der Waals surface area contributed by atoms with Gasteiger partial charge in [0.25, 0.3) is 10.0 Å². The number of aryl methyl sites for hydroxylation is 1. The van der Waals surface area contributed by atoms with Crippen LogP contribution in [0.25, 0.3) is 0 Å². The Bertz CT molecular complexity index is 1220. The summed E-state index contributed by atoms with van der Waals surface area (Å²) in [6, 6.07) is 19.3. The summed E-state index contributed by atoms with van der Waals surface area (Å²) in [7, 11) is -7.43. The Morgan fingerprint density at radius 3 is 1.91 bits per heavy atom. The molecule has 0 amide bonds. The van der Waals surface area contributed by atoms with Crippen molar-refractivity contribution in [2.75, 3.05) is 23.3 Å². The van der Waals surface area contributed by atoms with Gasteiger partial charge in [0, 0.05) is 11.4 Å². The highest BCUT2D eigenvalue weighted by Gasteiger charge is 2.37. The van der Waals surface area contributed by atoms with Crippen molar-refractivity contribution in [3.05, 3.63) is 83.9 Å². The van der Waals surface area contributed by atoms with Gasteiger partial charge in [0.15, 0.2) is 5.78 Å². The monoisotopic (exact) mass is 504 g/mol. The number of phenols is 1. The number of nitrogens with one attached hydrogen (secondary N) is 2. The average Bonchev–Trinajstić information content (AvgIpc) is 2.80. The molecule has 0 aliphatic rings. The predicted molar refractivity (Wildman–Crippen MR) is 134 cm³/mol. The Kier molecular flexibility index (Phi) is 8.38. The molecule has 0 aliphatic carbocycles. The number of aromatic hydroxyl groups is 1. The fraction of sp³-hybridized carbons (Fsp3) is 0.250. The minimum atomic E-state index is -3.78. The van der Waals surface area contributed by atoms with E-state index in [9.17, 15) is 18.1 Å². The van der Waals surface area contributed by atoms with E-state index in [1.807, 2.05) is 19.1 Å². The van der Waals surface area contributed by atoms with Crippen LogP contribution in [0.15, 0.2) is 77.7 Å². The number of hydrogen-bond donors (Lipinski definition) is 3. The van der Waals surface area contributed by atoms with Crippen LogP contribution in [-0.4, -0.2) is 26.7 Å². The molecule has 1 atom stereocenters. The van der Waals surface area contributed by atoms with Crippen LogP contribution < -0.4 is 10.0 Å². The van der Waals surface area contributed by atoms with Crippen LogP contribution in [0, 0.1) is 6.92 Å². The van der Waals surface area contributed by atoms with Crippen LogP contribution in [-0.2, 0) is 23.6 Å². The fourth-order valence-corrected chi connectivity index (χ4v) is 6.27. The first-order valence-corrected chi connectivity index (χ1v) is 13.9. The van der Waals surface area contributed by atoms with Crippen molar-refractivity contribution in [1.82, 2.24) is 0 Å². The number of benzene rings is 3. The summed E-state index contributed by atoms with van der Waals surface area (Å²) in [6.45, 7) is 5.72. The van der Waals surface area contributed by atoms with Gasteiger partial charge in [0.05, 0.1) is 18.1 Å². The van der Waals surface area contributed by atoms with E-state index in [4.69, 9.17) is 9.05 Å². The minimum absolute atomic E-state index is 0.0702. The van der Waals surface area contributed by atoms with Crippen LogP contribution in [0.3, 0.4) is 0 Å². The van der Waals surface area contributed by atoms with Crippen molar-refractivity contribution in [3.63, 3.8) is 0 Å². The molecule has 0 spiro atoms. The Balaban J connectivity index is 1.87. The molecule has 0 heterocycles. The smallest absolute Gasteiger partial charge is 0.357 e. The molecule has 10 heteroatoms. The second-order valence-electron chi connectivity index (χ2n) is 7.51. The average molecular weight is 505 g/mol. The first-order chi connectivity index (χ1) is 16.2. The van der Waals surface area contributed by atoms with Gasteiger partial charge in [0.2, 0.25) is 0 Å². The molecule has 34 heavy (non-hydrogen) atoms. The summed E-state index contributed by atoms with van der Waals surface area (Å²) in [6.07, 6.45) is 0. The molecule has 0 radical (unpaired) electrons. The van der Waals surface area contributed by atoms with Gasteiger partial charge in [-0.3, -0.25) is 9.29 Å². The quantitative estimate of drug-likeness (QED) is 0.280. The zero-order valence-corrected chi connectivity index (χ0v) is 21.0. The number of rotatable bonds is 11. The van der Waals surface area contributed by atoms with E-state index in [-0.39, 0.29) is 23.9 Å². The summed E-state index contributed by atoms with van der Waals surface area (Å²) in [5, 5.41) is 12.8. The van der Waals surface area contributed by atoms with Gasteiger partial charge in [-0.1, -0.05) is 29.8 Å². The van der Waals surface area contributed by atoms with Crippen molar-refractivity contribution < 1.29 is 27.1 Å². The van der Waals surface area contributed by atoms with Crippen molar-refractivity contribution in [1.29, 1.82) is 0 Å². The number of phenolic OH excluding ortho intramolecular Hbond substituents is 1. The Morgan fingerprint density at radius 2 is 1.38 bits per heavy atom. The van der Waals surface area contributed by atoms with Crippen LogP contribution in [0.2, 0.25) is 0 Å². The first kappa shape index (κ1) is 25.8. The standard InChI is InChI=1S/C24H29N2O6PS/c1-4-31-33(28,32-5-2)24(19-8-14-22(27)15-9-19)25-20-12-16-23(17-13-20)34(29,30)26-21-10-6-18(3)7-11-21/h6-17,24-27H,4-5H2,1-3H3. The van der Waals surface area contributed by atoms with Crippen LogP contribution >= 0.6 is 7.60 Å². The van der Waals surface area contributed by atoms with Crippen molar-refractivity contribution in [2.45, 2.75) is 31.4 Å². The SMILES string of the molecule is CCOP(=O)(OCC)C(Nc1ccc(S(=O)(=O)Nc2ccc(C)cc2)cc1)c1ccc(O)cc1. The summed E-state index contributed by atoms with van der Waals surface area (Å²) in [5.74, 6) is -0.804. The second-order valence-corrected chi connectivity index (χ2v) is 11.3. The van der Waals surface area contributed by atoms with E-state index in [2.05, 4.69) is 10.0 Å². The predicted octanol–water partition coefficient (Wildman–Crippen LogP) is 5.88. The third-order valence-electron chi connectivity index (χ3n) is 4.91. The van der Waals surface area contributed by atoms with E-state index in [1.54, 1.807) is 50.2 Å². The van der Waals surface area contributed by atoms with Gasteiger partial charge in [-0.2, -0.15) is 0 Å². The number of hydrogen-bond acceptors (Lipinski definition) is 7. The molecule has 0 saturated heterocycles. The summed E-state index contributed by atoms with van der Waals surface area (Å²) in [5.41, 5.74) is 2.60. The maximum Gasteiger partial charge on any atom is 0.357 e. The van der Waals surface area contributed by atoms with Crippen molar-refractivity contribution >= 4 is 29.0 Å². The molecule has 1 unspecified atom stereocenters. The Hall–Kier alpha value is -2.84. The van der Waals surface area contributed by atoms with Crippen molar-refractivity contribution in [3.8, 4) is 5.75 Å². The zero-order valence-electron chi connectivity index (χ0n) is 19.3. The third kappa shape index (κ3) is 6.39. The molecule has 3 aromatic carbocycles. The lowest BCUT2D eigenvalue weighted by molar-refractivity contribution is 0.214. The minimum Gasteiger partial charge on any atom is -0.508 e. The second kappa shape index (κ2) is 11.1. The third-order valence-corrected chi connectivity index (χ3v) is 8.61. The molecule has 0 aromatic heterocycles. The molecule has 0 fully saturated rings. The molecule has 0 saturated carbocycles. The Labute approximate surface area is 200 Å². The van der Waals surface area contributed by atoms with E-state index in [0.717, 1.165) is 5.56 Å². The molecule has 3 aromatic rings. The molecule has 3 rings (SSSR count). The topological polar surface area (TPSA) is 114 Å². The zero-order chi connectivity index (χ0) is 24.8. The van der Waals surface area contributed by atoms with Crippen LogP contribution in [0.4, 0.5) is 11.4 Å². The first-order valence-electron chi connectivity index (χ1n) is 10.8. The number of sulfonamides is 1. The van der Waals surface area contributed by atoms with E-state index in [1.165, 1.54) is 24.3 Å². The molecule has 182 valence electrons. The molecule has 0 bridgehead atoms. The number of anilines is 2. The normalized spacial score (nSPS) is 12.8. The van der Waals surface area contributed by atoms with E-state index >= 15 is 0 Å². The maximum absolute atomic E-state index is 13.6. The van der Waals surface area contributed by atoms with E-state index < -0.39 is 23.4 Å². The largest absolute Gasteiger partial charge is 0.508 e. The van der Waals surface area contributed by atoms with Gasteiger partial charge < -0.3 is 19.5 Å². The lowest BCUT2D eigenvalue weighted by atomic mass is 10.2. The van der Waals surface area contributed by atoms with Crippen LogP contribution in [0.5, 0.6) is 5.75 Å². The summed E-state index contributed by atoms with van der Waals surface area (Å²) >= 11 is 0. The van der Waals surface area contributed by atoms with Gasteiger partial charge >= 0.3 is 7.60 Å². The maximum atomic E-state index is 13.6. The van der Waals surface area contributed by atoms with Gasteiger partial charge in [-0.05, 0) is 74.9 Å². The highest BCUT2D eigenvalue weighted by Crippen LogP contribution is 2.60. The van der Waals surface area contributed by atoms with Crippen molar-refractivity contribution in [2.24, 2.45) is 0 Å².